The second-order valence-corrected chi connectivity index (χ2v) is 10.3. The third-order valence-electron chi connectivity index (χ3n) is 7.75. The highest BCUT2D eigenvalue weighted by Gasteiger charge is 2.58. The van der Waals surface area contributed by atoms with Gasteiger partial charge in [-0.1, -0.05) is 6.92 Å². The number of aromatic nitrogens is 3. The van der Waals surface area contributed by atoms with Crippen molar-refractivity contribution < 1.29 is 17.9 Å². The van der Waals surface area contributed by atoms with Crippen molar-refractivity contribution in [1.82, 2.24) is 19.7 Å². The molecule has 2 aliphatic carbocycles. The van der Waals surface area contributed by atoms with Gasteiger partial charge in [0.15, 0.2) is 11.6 Å². The number of alkyl halides is 3. The molecule has 0 bridgehead atoms. The Bertz CT molecular complexity index is 1000. The number of halogens is 3. The van der Waals surface area contributed by atoms with Crippen LogP contribution in [-0.4, -0.2) is 45.2 Å². The Morgan fingerprint density at radius 3 is 2.39 bits per heavy atom. The zero-order valence-electron chi connectivity index (χ0n) is 19.3. The number of likely N-dealkylation sites (tertiary alicyclic amines) is 1. The van der Waals surface area contributed by atoms with E-state index in [0.717, 1.165) is 5.92 Å². The molecule has 4 atom stereocenters. The summed E-state index contributed by atoms with van der Waals surface area (Å²) in [5.74, 6) is 1.86. The summed E-state index contributed by atoms with van der Waals surface area (Å²) < 4.78 is 44.3. The van der Waals surface area contributed by atoms with Crippen LogP contribution in [0.1, 0.15) is 64.1 Å². The molecule has 0 amide bonds. The van der Waals surface area contributed by atoms with E-state index < -0.39 is 12.1 Å². The van der Waals surface area contributed by atoms with Crippen LogP contribution in [0.2, 0.25) is 0 Å². The smallest absolute Gasteiger partial charge is 0.402 e. The second kappa shape index (κ2) is 8.18. The first-order valence-electron chi connectivity index (χ1n) is 12.0. The molecule has 1 saturated heterocycles. The lowest BCUT2D eigenvalue weighted by atomic mass is 9.95. The fourth-order valence-electron chi connectivity index (χ4n) is 5.96. The molecule has 2 N–H and O–H groups in total. The molecular formula is C24H32F3N5O. The van der Waals surface area contributed by atoms with E-state index in [1.165, 1.54) is 56.7 Å². The molecular weight excluding hydrogens is 431 g/mol. The summed E-state index contributed by atoms with van der Waals surface area (Å²) in [4.78, 5) is 6.60. The highest BCUT2D eigenvalue weighted by atomic mass is 19.4. The van der Waals surface area contributed by atoms with Crippen molar-refractivity contribution in [3.8, 4) is 17.0 Å². The lowest BCUT2D eigenvalue weighted by Crippen LogP contribution is -2.40. The van der Waals surface area contributed by atoms with Crippen molar-refractivity contribution in [3.63, 3.8) is 0 Å². The number of hydrogen-bond donors (Lipinski definition) is 1. The molecule has 0 unspecified atom stereocenters. The number of ether oxygens (including phenoxy) is 1. The van der Waals surface area contributed by atoms with Crippen LogP contribution in [0, 0.1) is 17.8 Å². The van der Waals surface area contributed by atoms with Crippen LogP contribution in [0.5, 0.6) is 5.75 Å². The molecule has 2 aromatic heterocycles. The van der Waals surface area contributed by atoms with Crippen LogP contribution in [0.15, 0.2) is 18.3 Å². The van der Waals surface area contributed by atoms with E-state index in [1.807, 2.05) is 10.7 Å². The monoisotopic (exact) mass is 463 g/mol. The number of hydrogen-bond acceptors (Lipinski definition) is 5. The minimum absolute atomic E-state index is 0.155. The van der Waals surface area contributed by atoms with Crippen LogP contribution >= 0.6 is 0 Å². The fourth-order valence-corrected chi connectivity index (χ4v) is 5.96. The van der Waals surface area contributed by atoms with Gasteiger partial charge < -0.3 is 15.4 Å². The Kier molecular flexibility index (Phi) is 5.58. The van der Waals surface area contributed by atoms with Gasteiger partial charge >= 0.3 is 6.36 Å². The number of pyridine rings is 1. The van der Waals surface area contributed by atoms with E-state index in [4.69, 9.17) is 10.8 Å². The number of fused-ring (bicyclic) bond motifs is 1. The predicted octanol–water partition coefficient (Wildman–Crippen LogP) is 5.23. The maximum absolute atomic E-state index is 12.7. The third-order valence-corrected chi connectivity index (χ3v) is 7.75. The van der Waals surface area contributed by atoms with Crippen molar-refractivity contribution in [2.75, 3.05) is 18.8 Å². The van der Waals surface area contributed by atoms with Gasteiger partial charge in [0.1, 0.15) is 0 Å². The van der Waals surface area contributed by atoms with Gasteiger partial charge in [0.2, 0.25) is 0 Å². The Balaban J connectivity index is 1.34. The summed E-state index contributed by atoms with van der Waals surface area (Å²) in [6.45, 7) is 8.94. The molecule has 2 aromatic rings. The summed E-state index contributed by atoms with van der Waals surface area (Å²) in [6.07, 6.45) is 1.69. The van der Waals surface area contributed by atoms with E-state index in [9.17, 15) is 13.2 Å². The average molecular weight is 464 g/mol. The van der Waals surface area contributed by atoms with Gasteiger partial charge in [0.25, 0.3) is 0 Å². The van der Waals surface area contributed by atoms with Crippen molar-refractivity contribution in [3.05, 3.63) is 24.0 Å². The number of nitrogens with two attached hydrogens (primary N) is 1. The standard InChI is InChI=1S/C24H32F3N5O/c1-13(2)32-20(22-17-9-16(10-18(17)22)31-6-4-14(3)5-7-31)11-19(30-32)15-8-21(23(28)29-12-15)33-24(25,26)27/h8,11-14,16-18,22H,4-7,9-10H2,1-3H3,(H2,28,29)/t16-,17+,18-,22-. The first-order chi connectivity index (χ1) is 15.6. The molecule has 33 heavy (non-hydrogen) atoms. The number of rotatable bonds is 5. The van der Waals surface area contributed by atoms with Crippen LogP contribution in [0.3, 0.4) is 0 Å². The molecule has 5 rings (SSSR count). The van der Waals surface area contributed by atoms with Crippen molar-refractivity contribution in [1.29, 1.82) is 0 Å². The van der Waals surface area contributed by atoms with Gasteiger partial charge in [-0.15, -0.1) is 13.2 Å². The average Bonchev–Trinajstić information content (AvgIpc) is 3.09. The predicted molar refractivity (Wildman–Crippen MR) is 120 cm³/mol. The van der Waals surface area contributed by atoms with Crippen LogP contribution < -0.4 is 10.5 Å². The van der Waals surface area contributed by atoms with Crippen molar-refractivity contribution in [2.45, 2.75) is 70.8 Å². The summed E-state index contributed by atoms with van der Waals surface area (Å²) >= 11 is 0. The number of anilines is 1. The fraction of sp³-hybridized carbons (Fsp3) is 0.667. The molecule has 180 valence electrons. The Hall–Kier alpha value is -2.29. The second-order valence-electron chi connectivity index (χ2n) is 10.3. The molecule has 3 heterocycles. The zero-order chi connectivity index (χ0) is 23.5. The highest BCUT2D eigenvalue weighted by molar-refractivity contribution is 5.64. The molecule has 3 aliphatic rings. The van der Waals surface area contributed by atoms with Gasteiger partial charge in [-0.05, 0) is 82.5 Å². The van der Waals surface area contributed by atoms with Crippen LogP contribution in [-0.2, 0) is 0 Å². The van der Waals surface area contributed by atoms with Crippen LogP contribution in [0.25, 0.3) is 11.3 Å². The molecule has 2 saturated carbocycles. The summed E-state index contributed by atoms with van der Waals surface area (Å²) in [6, 6.07) is 4.14. The van der Waals surface area contributed by atoms with E-state index >= 15 is 0 Å². The van der Waals surface area contributed by atoms with E-state index in [1.54, 1.807) is 0 Å². The molecule has 9 heteroatoms. The Morgan fingerprint density at radius 2 is 1.79 bits per heavy atom. The molecule has 0 spiro atoms. The molecule has 0 aromatic carbocycles. The van der Waals surface area contributed by atoms with Gasteiger partial charge in [-0.3, -0.25) is 4.68 Å². The quantitative estimate of drug-likeness (QED) is 0.658. The van der Waals surface area contributed by atoms with E-state index in [0.29, 0.717) is 35.1 Å². The lowest BCUT2D eigenvalue weighted by Gasteiger charge is -2.36. The minimum atomic E-state index is -4.83. The minimum Gasteiger partial charge on any atom is -0.402 e. The first-order valence-corrected chi connectivity index (χ1v) is 12.0. The van der Waals surface area contributed by atoms with Gasteiger partial charge in [0, 0.05) is 35.5 Å². The Morgan fingerprint density at radius 1 is 1.12 bits per heavy atom. The number of nitrogens with zero attached hydrogens (tertiary/aromatic N) is 4. The molecule has 3 fully saturated rings. The normalized spacial score (nSPS) is 28.3. The summed E-state index contributed by atoms with van der Waals surface area (Å²) in [5, 5.41) is 4.74. The summed E-state index contributed by atoms with van der Waals surface area (Å²) in [7, 11) is 0. The van der Waals surface area contributed by atoms with E-state index in [-0.39, 0.29) is 11.9 Å². The maximum atomic E-state index is 12.7. The number of piperidine rings is 1. The maximum Gasteiger partial charge on any atom is 0.573 e. The Labute approximate surface area is 192 Å². The molecule has 1 aliphatic heterocycles. The summed E-state index contributed by atoms with van der Waals surface area (Å²) in [5.41, 5.74) is 7.84. The third kappa shape index (κ3) is 4.44. The topological polar surface area (TPSA) is 69.2 Å². The first kappa shape index (κ1) is 22.5. The van der Waals surface area contributed by atoms with Gasteiger partial charge in [0.05, 0.1) is 5.69 Å². The van der Waals surface area contributed by atoms with Gasteiger partial charge in [-0.25, -0.2) is 4.98 Å². The van der Waals surface area contributed by atoms with Crippen molar-refractivity contribution >= 4 is 5.82 Å². The molecule has 0 radical (unpaired) electrons. The molecule has 6 nitrogen and oxygen atoms in total. The zero-order valence-corrected chi connectivity index (χ0v) is 19.3. The van der Waals surface area contributed by atoms with Gasteiger partial charge in [-0.2, -0.15) is 5.10 Å². The van der Waals surface area contributed by atoms with Crippen molar-refractivity contribution in [2.24, 2.45) is 17.8 Å². The van der Waals surface area contributed by atoms with Crippen LogP contribution in [0.4, 0.5) is 19.0 Å². The number of nitrogen functional groups attached to an aromatic ring is 1. The lowest BCUT2D eigenvalue weighted by molar-refractivity contribution is -0.274. The highest BCUT2D eigenvalue weighted by Crippen LogP contribution is 2.64. The SMILES string of the molecule is CC1CCN([C@H]2C[C@@H]3[C@H](C2)[C@H]3c2cc(-c3cnc(N)c(OC(F)(F)F)c3)nn2C(C)C)CC1. The largest absolute Gasteiger partial charge is 0.573 e. The van der Waals surface area contributed by atoms with E-state index in [2.05, 4.69) is 35.4 Å².